The molecule has 1 N–H and O–H groups in total. The first-order valence-corrected chi connectivity index (χ1v) is 6.68. The number of nitrogens with zero attached hydrogens (tertiary/aromatic N) is 1. The van der Waals surface area contributed by atoms with Crippen molar-refractivity contribution < 1.29 is 19.1 Å². The third-order valence-corrected chi connectivity index (χ3v) is 4.31. The zero-order valence-electron chi connectivity index (χ0n) is 9.90. The van der Waals surface area contributed by atoms with E-state index in [9.17, 15) is 14.0 Å². The quantitative estimate of drug-likeness (QED) is 0.903. The van der Waals surface area contributed by atoms with E-state index in [1.807, 2.05) is 0 Å². The molecular weight excluding hydrogens is 317 g/mol. The molecule has 0 unspecified atom stereocenters. The molecule has 100 valence electrons. The highest BCUT2D eigenvalue weighted by atomic mass is 79.9. The van der Waals surface area contributed by atoms with Crippen molar-refractivity contribution in [3.05, 3.63) is 33.8 Å². The fraction of sp³-hybridized carbons (Fsp3) is 0.385. The molecule has 1 aromatic rings. The number of carboxylic acids is 1. The van der Waals surface area contributed by atoms with Gasteiger partial charge in [0.25, 0.3) is 5.91 Å². The predicted octanol–water partition coefficient (Wildman–Crippen LogP) is 1.97. The molecule has 1 aliphatic carbocycles. The summed E-state index contributed by atoms with van der Waals surface area (Å²) >= 11 is 3.32. The maximum absolute atomic E-state index is 13.8. The largest absolute Gasteiger partial charge is 0.480 e. The smallest absolute Gasteiger partial charge is 0.323 e. The molecule has 0 bridgehead atoms. The summed E-state index contributed by atoms with van der Waals surface area (Å²) in [7, 11) is 0. The van der Waals surface area contributed by atoms with Crippen LogP contribution in [-0.4, -0.2) is 41.1 Å². The number of carbonyl (C=O) groups excluding carboxylic acids is 1. The summed E-state index contributed by atoms with van der Waals surface area (Å²) in [4.78, 5) is 24.2. The molecule has 4 nitrogen and oxygen atoms in total. The van der Waals surface area contributed by atoms with Crippen LogP contribution in [0.15, 0.2) is 22.7 Å². The first-order chi connectivity index (χ1) is 8.94. The molecule has 3 rings (SSSR count). The van der Waals surface area contributed by atoms with Crippen LogP contribution in [0.25, 0.3) is 0 Å². The number of halogens is 2. The normalized spacial score (nSPS) is 28.4. The van der Waals surface area contributed by atoms with Gasteiger partial charge in [0.2, 0.25) is 0 Å². The number of benzene rings is 1. The van der Waals surface area contributed by atoms with Crippen LogP contribution in [0.2, 0.25) is 0 Å². The second-order valence-corrected chi connectivity index (χ2v) is 5.99. The zero-order valence-corrected chi connectivity index (χ0v) is 11.5. The molecular formula is C13H11BrFNO3. The van der Waals surface area contributed by atoms with Crippen molar-refractivity contribution in [1.82, 2.24) is 4.90 Å². The van der Waals surface area contributed by atoms with Crippen LogP contribution in [0.1, 0.15) is 22.3 Å². The molecule has 1 amide bonds. The van der Waals surface area contributed by atoms with Crippen LogP contribution < -0.4 is 0 Å². The molecule has 1 aromatic carbocycles. The summed E-state index contributed by atoms with van der Waals surface area (Å²) in [5.74, 6) is -1.42. The highest BCUT2D eigenvalue weighted by Crippen LogP contribution is 2.54. The minimum atomic E-state index is -1.08. The van der Waals surface area contributed by atoms with Gasteiger partial charge in [-0.05, 0) is 30.2 Å². The molecule has 2 aliphatic rings. The van der Waals surface area contributed by atoms with E-state index >= 15 is 0 Å². The Hall–Kier alpha value is -1.43. The number of aliphatic carboxylic acids is 1. The number of hydrogen-bond acceptors (Lipinski definition) is 2. The lowest BCUT2D eigenvalue weighted by Crippen LogP contribution is -2.46. The van der Waals surface area contributed by atoms with Crippen molar-refractivity contribution >= 4 is 27.8 Å². The van der Waals surface area contributed by atoms with Gasteiger partial charge in [-0.15, -0.1) is 0 Å². The standard InChI is InChI=1S/C13H11BrFNO3/c14-7-1-2-8-9(3-7)13(4-10(13)15)6-16(12(8)19)5-11(17)18/h1-3,10H,4-6H2,(H,17,18)/t10-,13-/m0/s1. The Morgan fingerprint density at radius 3 is 2.84 bits per heavy atom. The molecule has 1 aliphatic heterocycles. The third-order valence-electron chi connectivity index (χ3n) is 3.82. The Morgan fingerprint density at radius 1 is 1.58 bits per heavy atom. The first-order valence-electron chi connectivity index (χ1n) is 5.89. The van der Waals surface area contributed by atoms with E-state index in [1.54, 1.807) is 18.2 Å². The molecule has 0 aromatic heterocycles. The van der Waals surface area contributed by atoms with Crippen LogP contribution in [0.5, 0.6) is 0 Å². The van der Waals surface area contributed by atoms with Crippen LogP contribution in [-0.2, 0) is 10.2 Å². The van der Waals surface area contributed by atoms with Crippen LogP contribution in [0.4, 0.5) is 4.39 Å². The SMILES string of the molecule is O=C(O)CN1C[C@@]2(C[C@@H]2F)c2cc(Br)ccc2C1=O. The van der Waals surface area contributed by atoms with E-state index in [0.29, 0.717) is 17.5 Å². The van der Waals surface area contributed by atoms with Gasteiger partial charge in [0.1, 0.15) is 12.7 Å². The summed E-state index contributed by atoms with van der Waals surface area (Å²) in [5.41, 5.74) is 0.402. The van der Waals surface area contributed by atoms with Crippen molar-refractivity contribution in [2.24, 2.45) is 0 Å². The van der Waals surface area contributed by atoms with Crippen molar-refractivity contribution in [1.29, 1.82) is 0 Å². The lowest BCUT2D eigenvalue weighted by Gasteiger charge is -2.33. The van der Waals surface area contributed by atoms with Gasteiger partial charge in [-0.3, -0.25) is 9.59 Å². The summed E-state index contributed by atoms with van der Waals surface area (Å²) < 4.78 is 14.6. The molecule has 1 fully saturated rings. The van der Waals surface area contributed by atoms with Crippen molar-refractivity contribution in [2.45, 2.75) is 18.0 Å². The Balaban J connectivity index is 2.07. The van der Waals surface area contributed by atoms with Crippen LogP contribution in [0.3, 0.4) is 0 Å². The Morgan fingerprint density at radius 2 is 2.26 bits per heavy atom. The summed E-state index contributed by atoms with van der Waals surface area (Å²) in [6, 6.07) is 5.11. The summed E-state index contributed by atoms with van der Waals surface area (Å²) in [5, 5.41) is 8.84. The van der Waals surface area contributed by atoms with Gasteiger partial charge in [0.15, 0.2) is 0 Å². The number of rotatable bonds is 2. The van der Waals surface area contributed by atoms with Gasteiger partial charge in [-0.1, -0.05) is 15.9 Å². The number of amides is 1. The van der Waals surface area contributed by atoms with Gasteiger partial charge >= 0.3 is 5.97 Å². The number of carbonyl (C=O) groups is 2. The lowest BCUT2D eigenvalue weighted by atomic mass is 9.86. The van der Waals surface area contributed by atoms with Gasteiger partial charge < -0.3 is 10.0 Å². The molecule has 19 heavy (non-hydrogen) atoms. The van der Waals surface area contributed by atoms with E-state index in [4.69, 9.17) is 5.11 Å². The van der Waals surface area contributed by atoms with E-state index in [2.05, 4.69) is 15.9 Å². The molecule has 6 heteroatoms. The first kappa shape index (κ1) is 12.6. The fourth-order valence-corrected chi connectivity index (χ4v) is 3.14. The topological polar surface area (TPSA) is 57.6 Å². The fourth-order valence-electron chi connectivity index (χ4n) is 2.78. The molecule has 1 heterocycles. The van der Waals surface area contributed by atoms with E-state index in [-0.39, 0.29) is 19.0 Å². The number of alkyl halides is 1. The van der Waals surface area contributed by atoms with Crippen LogP contribution >= 0.6 is 15.9 Å². The van der Waals surface area contributed by atoms with E-state index in [0.717, 1.165) is 4.47 Å². The van der Waals surface area contributed by atoms with Gasteiger partial charge in [-0.25, -0.2) is 4.39 Å². The number of hydrogen-bond donors (Lipinski definition) is 1. The van der Waals surface area contributed by atoms with Gasteiger partial charge in [0, 0.05) is 22.0 Å². The Bertz CT molecular complexity index is 591. The summed E-state index contributed by atoms with van der Waals surface area (Å²) in [6.45, 7) is -0.244. The highest BCUT2D eigenvalue weighted by Gasteiger charge is 2.61. The lowest BCUT2D eigenvalue weighted by molar-refractivity contribution is -0.137. The Labute approximate surface area is 117 Å². The average Bonchev–Trinajstić information content (AvgIpc) is 2.97. The molecule has 1 spiro atoms. The Kier molecular flexibility index (Phi) is 2.67. The van der Waals surface area contributed by atoms with Gasteiger partial charge in [0.05, 0.1) is 0 Å². The van der Waals surface area contributed by atoms with Crippen molar-refractivity contribution in [3.8, 4) is 0 Å². The minimum Gasteiger partial charge on any atom is -0.480 e. The molecule has 1 saturated carbocycles. The maximum atomic E-state index is 13.8. The van der Waals surface area contributed by atoms with Crippen LogP contribution in [0, 0.1) is 0 Å². The second-order valence-electron chi connectivity index (χ2n) is 5.07. The monoisotopic (exact) mass is 327 g/mol. The van der Waals surface area contributed by atoms with E-state index in [1.165, 1.54) is 4.90 Å². The van der Waals surface area contributed by atoms with Crippen molar-refractivity contribution in [2.75, 3.05) is 13.1 Å². The maximum Gasteiger partial charge on any atom is 0.323 e. The third kappa shape index (κ3) is 1.85. The predicted molar refractivity (Wildman–Crippen MR) is 68.9 cm³/mol. The summed E-state index contributed by atoms with van der Waals surface area (Å²) in [6.07, 6.45) is -0.662. The molecule has 0 saturated heterocycles. The zero-order chi connectivity index (χ0) is 13.8. The number of carboxylic acid groups (broad SMARTS) is 1. The average molecular weight is 328 g/mol. The van der Waals surface area contributed by atoms with Crippen molar-refractivity contribution in [3.63, 3.8) is 0 Å². The minimum absolute atomic E-state index is 0.142. The second kappa shape index (κ2) is 4.03. The van der Waals surface area contributed by atoms with E-state index < -0.39 is 17.6 Å². The molecule has 0 radical (unpaired) electrons. The molecule has 2 atom stereocenters. The number of fused-ring (bicyclic) bond motifs is 2. The highest BCUT2D eigenvalue weighted by molar-refractivity contribution is 9.10. The van der Waals surface area contributed by atoms with Gasteiger partial charge in [-0.2, -0.15) is 0 Å².